The van der Waals surface area contributed by atoms with Crippen LogP contribution < -0.4 is 10.7 Å². The molecule has 0 radical (unpaired) electrons. The molecule has 1 atom stereocenters. The van der Waals surface area contributed by atoms with Crippen LogP contribution in [0, 0.1) is 0 Å². The van der Waals surface area contributed by atoms with E-state index in [0.29, 0.717) is 45.2 Å². The molecule has 1 saturated heterocycles. The second kappa shape index (κ2) is 11.7. The van der Waals surface area contributed by atoms with Gasteiger partial charge < -0.3 is 25.3 Å². The minimum absolute atomic E-state index is 0.00170. The molecule has 2 aliphatic rings. The summed E-state index contributed by atoms with van der Waals surface area (Å²) in [7, 11) is 0. The van der Waals surface area contributed by atoms with Crippen molar-refractivity contribution in [3.05, 3.63) is 35.9 Å². The third-order valence-electron chi connectivity index (χ3n) is 4.36. The van der Waals surface area contributed by atoms with Crippen molar-refractivity contribution >= 4 is 11.9 Å². The van der Waals surface area contributed by atoms with Crippen molar-refractivity contribution in [1.29, 1.82) is 0 Å². The fourth-order valence-corrected chi connectivity index (χ4v) is 3.07. The first-order valence-corrected chi connectivity index (χ1v) is 10.2. The molecule has 1 unspecified atom stereocenters. The van der Waals surface area contributed by atoms with Gasteiger partial charge in [0.1, 0.15) is 6.23 Å². The van der Waals surface area contributed by atoms with Gasteiger partial charge in [0, 0.05) is 31.8 Å². The number of ether oxygens (including phenoxy) is 2. The Labute approximate surface area is 174 Å². The van der Waals surface area contributed by atoms with Gasteiger partial charge in [-0.1, -0.05) is 18.7 Å². The number of nitrogens with zero attached hydrogens (tertiary/aromatic N) is 3. The van der Waals surface area contributed by atoms with Crippen molar-refractivity contribution in [3.63, 3.8) is 0 Å². The quantitative estimate of drug-likeness (QED) is 0.379. The van der Waals surface area contributed by atoms with E-state index in [4.69, 9.17) is 9.47 Å². The number of hydrogen-bond acceptors (Lipinski definition) is 8. The van der Waals surface area contributed by atoms with Crippen molar-refractivity contribution in [1.82, 2.24) is 15.6 Å². The zero-order valence-electron chi connectivity index (χ0n) is 18.0. The second-order valence-corrected chi connectivity index (χ2v) is 7.54. The van der Waals surface area contributed by atoms with E-state index in [9.17, 15) is 5.11 Å². The van der Waals surface area contributed by atoms with Crippen LogP contribution in [-0.4, -0.2) is 73.2 Å². The summed E-state index contributed by atoms with van der Waals surface area (Å²) in [4.78, 5) is 6.40. The molecule has 0 bridgehead atoms. The van der Waals surface area contributed by atoms with Gasteiger partial charge in [-0.2, -0.15) is 5.10 Å². The third kappa shape index (κ3) is 7.30. The summed E-state index contributed by atoms with van der Waals surface area (Å²) in [6.45, 7) is 14.9. The molecule has 8 nitrogen and oxygen atoms in total. The SMILES string of the molecule is C=CC=N/C(OC(C)C)=C1\CNN=C1C/C=C(\NC(C)C)C(O)N1CCOCC1. The van der Waals surface area contributed by atoms with E-state index in [2.05, 4.69) is 41.3 Å². The van der Waals surface area contributed by atoms with Crippen LogP contribution in [0.15, 0.2) is 46.0 Å². The van der Waals surface area contributed by atoms with E-state index in [1.165, 1.54) is 0 Å². The molecule has 29 heavy (non-hydrogen) atoms. The molecule has 0 spiro atoms. The number of allylic oxidation sites excluding steroid dienone is 2. The predicted octanol–water partition coefficient (Wildman–Crippen LogP) is 1.76. The fourth-order valence-electron chi connectivity index (χ4n) is 3.07. The fraction of sp³-hybridized carbons (Fsp3) is 0.619. The van der Waals surface area contributed by atoms with Crippen molar-refractivity contribution < 1.29 is 14.6 Å². The van der Waals surface area contributed by atoms with Gasteiger partial charge in [0.05, 0.1) is 42.8 Å². The largest absolute Gasteiger partial charge is 0.475 e. The number of aliphatic hydroxyl groups excluding tert-OH is 1. The molecule has 0 saturated carbocycles. The molecule has 0 aromatic heterocycles. The molecular weight excluding hydrogens is 370 g/mol. The average molecular weight is 406 g/mol. The summed E-state index contributed by atoms with van der Waals surface area (Å²) in [5.41, 5.74) is 5.56. The smallest absolute Gasteiger partial charge is 0.220 e. The first-order valence-electron chi connectivity index (χ1n) is 10.2. The maximum atomic E-state index is 10.9. The minimum atomic E-state index is -0.700. The normalized spacial score (nSPS) is 21.3. The van der Waals surface area contributed by atoms with E-state index < -0.39 is 6.23 Å². The first-order chi connectivity index (χ1) is 13.9. The maximum Gasteiger partial charge on any atom is 0.220 e. The van der Waals surface area contributed by atoms with Crippen LogP contribution in [-0.2, 0) is 9.47 Å². The number of aliphatic hydroxyl groups is 1. The van der Waals surface area contributed by atoms with Crippen LogP contribution in [0.5, 0.6) is 0 Å². The van der Waals surface area contributed by atoms with Crippen LogP contribution in [0.1, 0.15) is 34.1 Å². The summed E-state index contributed by atoms with van der Waals surface area (Å²) in [6.07, 6.45) is 5.08. The van der Waals surface area contributed by atoms with Crippen molar-refractivity contribution in [2.45, 2.75) is 52.5 Å². The van der Waals surface area contributed by atoms with Gasteiger partial charge in [0.25, 0.3) is 0 Å². The number of morpholine rings is 1. The van der Waals surface area contributed by atoms with Crippen LogP contribution in [0.2, 0.25) is 0 Å². The zero-order valence-corrected chi connectivity index (χ0v) is 18.0. The highest BCUT2D eigenvalue weighted by Gasteiger charge is 2.24. The molecule has 162 valence electrons. The standard InChI is InChI=1S/C21H35N5O3/c1-6-9-22-20(29-16(4)5)17-14-23-25-18(17)7-8-19(24-15(2)3)21(27)26-10-12-28-13-11-26/h6,8-9,15-16,21,23-24,27H,1,7,10-14H2,2-5H3/b19-8-,20-17-,22-9?. The lowest BCUT2D eigenvalue weighted by atomic mass is 10.1. The van der Waals surface area contributed by atoms with Gasteiger partial charge in [0.15, 0.2) is 0 Å². The monoisotopic (exact) mass is 405 g/mol. The molecule has 2 aliphatic heterocycles. The molecule has 8 heteroatoms. The lowest BCUT2D eigenvalue weighted by Crippen LogP contribution is -2.47. The van der Waals surface area contributed by atoms with Gasteiger partial charge in [0.2, 0.25) is 5.88 Å². The van der Waals surface area contributed by atoms with Crippen LogP contribution in [0.4, 0.5) is 0 Å². The van der Waals surface area contributed by atoms with Gasteiger partial charge in [-0.25, -0.2) is 4.99 Å². The number of hydrazone groups is 1. The van der Waals surface area contributed by atoms with Gasteiger partial charge in [-0.3, -0.25) is 4.90 Å². The van der Waals surface area contributed by atoms with E-state index in [1.807, 2.05) is 24.8 Å². The van der Waals surface area contributed by atoms with Crippen LogP contribution in [0.3, 0.4) is 0 Å². The van der Waals surface area contributed by atoms with E-state index in [-0.39, 0.29) is 12.1 Å². The van der Waals surface area contributed by atoms with Crippen LogP contribution in [0.25, 0.3) is 0 Å². The molecule has 3 N–H and O–H groups in total. The second-order valence-electron chi connectivity index (χ2n) is 7.54. The van der Waals surface area contributed by atoms with Crippen molar-refractivity contribution in [2.75, 3.05) is 32.8 Å². The van der Waals surface area contributed by atoms with Gasteiger partial charge in [-0.05, 0) is 27.7 Å². The lowest BCUT2D eigenvalue weighted by Gasteiger charge is -2.33. The number of rotatable bonds is 10. The molecule has 0 aromatic rings. The Morgan fingerprint density at radius 1 is 1.38 bits per heavy atom. The zero-order chi connectivity index (χ0) is 21.2. The Morgan fingerprint density at radius 2 is 2.10 bits per heavy atom. The highest BCUT2D eigenvalue weighted by atomic mass is 16.5. The number of aliphatic imine (C=N–C) groups is 1. The predicted molar refractivity (Wildman–Crippen MR) is 117 cm³/mol. The van der Waals surface area contributed by atoms with E-state index in [0.717, 1.165) is 17.0 Å². The number of nitrogens with one attached hydrogen (secondary N) is 2. The topological polar surface area (TPSA) is 90.7 Å². The minimum Gasteiger partial charge on any atom is -0.475 e. The summed E-state index contributed by atoms with van der Waals surface area (Å²) < 4.78 is 11.3. The van der Waals surface area contributed by atoms with E-state index in [1.54, 1.807) is 12.3 Å². The Morgan fingerprint density at radius 3 is 2.72 bits per heavy atom. The molecule has 2 heterocycles. The summed E-state index contributed by atoms with van der Waals surface area (Å²) in [5.74, 6) is 0.546. The Bertz CT molecular complexity index is 661. The molecule has 0 amide bonds. The van der Waals surface area contributed by atoms with Crippen molar-refractivity contribution in [3.8, 4) is 0 Å². The molecule has 2 rings (SSSR count). The first kappa shape index (κ1) is 23.1. The lowest BCUT2D eigenvalue weighted by molar-refractivity contribution is -0.0439. The molecular formula is C21H35N5O3. The summed E-state index contributed by atoms with van der Waals surface area (Å²) >= 11 is 0. The summed E-state index contributed by atoms with van der Waals surface area (Å²) in [6, 6.07) is 0.202. The maximum absolute atomic E-state index is 10.9. The average Bonchev–Trinajstić information content (AvgIpc) is 3.16. The van der Waals surface area contributed by atoms with Gasteiger partial charge in [-0.15, -0.1) is 0 Å². The highest BCUT2D eigenvalue weighted by molar-refractivity contribution is 6.03. The molecule has 0 aliphatic carbocycles. The molecule has 1 fully saturated rings. The van der Waals surface area contributed by atoms with Gasteiger partial charge >= 0.3 is 0 Å². The van der Waals surface area contributed by atoms with Crippen LogP contribution >= 0.6 is 0 Å². The molecule has 0 aromatic carbocycles. The third-order valence-corrected chi connectivity index (χ3v) is 4.36. The van der Waals surface area contributed by atoms with Crippen molar-refractivity contribution in [2.24, 2.45) is 10.1 Å². The highest BCUT2D eigenvalue weighted by Crippen LogP contribution is 2.19. The number of hydrogen-bond donors (Lipinski definition) is 3. The Kier molecular flexibility index (Phi) is 9.37. The Hall–Kier alpha value is -2.16. The Balaban J connectivity index is 2.21. The summed E-state index contributed by atoms with van der Waals surface area (Å²) in [5, 5.41) is 18.7. The van der Waals surface area contributed by atoms with E-state index >= 15 is 0 Å².